The Bertz CT molecular complexity index is 946. The van der Waals surface area contributed by atoms with Gasteiger partial charge in [0, 0.05) is 22.6 Å². The highest BCUT2D eigenvalue weighted by Gasteiger charge is 2.15. The minimum Gasteiger partial charge on any atom is -0.331 e. The van der Waals surface area contributed by atoms with Gasteiger partial charge in [-0.1, -0.05) is 48.0 Å². The second-order valence-electron chi connectivity index (χ2n) is 5.00. The number of halogens is 2. The molecule has 0 atom stereocenters. The zero-order valence-electron chi connectivity index (χ0n) is 11.9. The van der Waals surface area contributed by atoms with E-state index in [-0.39, 0.29) is 27.3 Å². The van der Waals surface area contributed by atoms with Crippen LogP contribution in [-0.2, 0) is 6.42 Å². The summed E-state index contributed by atoms with van der Waals surface area (Å²) in [6.45, 7) is 0. The van der Waals surface area contributed by atoms with Gasteiger partial charge in [-0.15, -0.1) is 0 Å². The van der Waals surface area contributed by atoms with Gasteiger partial charge in [0.15, 0.2) is 4.77 Å². The third-order valence-electron chi connectivity index (χ3n) is 3.52. The lowest BCUT2D eigenvalue weighted by molar-refractivity contribution is 0.613. The summed E-state index contributed by atoms with van der Waals surface area (Å²) in [6, 6.07) is 13.7. The summed E-state index contributed by atoms with van der Waals surface area (Å²) in [7, 11) is 0. The van der Waals surface area contributed by atoms with Gasteiger partial charge >= 0.3 is 0 Å². The number of nitrogens with one attached hydrogen (secondary N) is 2. The van der Waals surface area contributed by atoms with Crippen molar-refractivity contribution >= 4 is 23.8 Å². The molecule has 3 rings (SSSR count). The van der Waals surface area contributed by atoms with Crippen LogP contribution in [0.15, 0.2) is 53.3 Å². The van der Waals surface area contributed by atoms with E-state index in [2.05, 4.69) is 9.97 Å². The monoisotopic (exact) mass is 346 g/mol. The molecule has 2 aromatic carbocycles. The van der Waals surface area contributed by atoms with Crippen LogP contribution in [-0.4, -0.2) is 9.97 Å². The average Bonchev–Trinajstić information content (AvgIpc) is 2.53. The minimum atomic E-state index is -0.446. The maximum Gasteiger partial charge on any atom is 0.255 e. The predicted octanol–water partition coefficient (Wildman–Crippen LogP) is 4.48. The molecule has 0 unspecified atom stereocenters. The van der Waals surface area contributed by atoms with Gasteiger partial charge in [-0.2, -0.15) is 0 Å². The molecular formula is C17H12ClFN2OS. The molecule has 0 amide bonds. The second-order valence-corrected chi connectivity index (χ2v) is 5.82. The van der Waals surface area contributed by atoms with Gasteiger partial charge in [-0.3, -0.25) is 9.78 Å². The van der Waals surface area contributed by atoms with Crippen molar-refractivity contribution in [2.24, 2.45) is 0 Å². The summed E-state index contributed by atoms with van der Waals surface area (Å²) in [6.07, 6.45) is 0.0666. The van der Waals surface area contributed by atoms with E-state index in [9.17, 15) is 9.18 Å². The summed E-state index contributed by atoms with van der Waals surface area (Å²) in [4.78, 5) is 17.9. The number of hydrogen-bond acceptors (Lipinski definition) is 2. The van der Waals surface area contributed by atoms with Gasteiger partial charge in [0.1, 0.15) is 5.82 Å². The first-order valence-corrected chi connectivity index (χ1v) is 7.68. The fourth-order valence-electron chi connectivity index (χ4n) is 2.41. The van der Waals surface area contributed by atoms with Gasteiger partial charge < -0.3 is 4.98 Å². The lowest BCUT2D eigenvalue weighted by Crippen LogP contribution is -2.17. The number of rotatable bonds is 3. The van der Waals surface area contributed by atoms with E-state index in [1.165, 1.54) is 12.1 Å². The van der Waals surface area contributed by atoms with E-state index in [1.807, 2.05) is 30.3 Å². The first-order valence-electron chi connectivity index (χ1n) is 6.90. The number of hydrogen-bond donors (Lipinski definition) is 2. The van der Waals surface area contributed by atoms with Crippen LogP contribution < -0.4 is 5.56 Å². The van der Waals surface area contributed by atoms with Crippen molar-refractivity contribution in [3.8, 4) is 11.3 Å². The molecular weight excluding hydrogens is 335 g/mol. The van der Waals surface area contributed by atoms with Crippen LogP contribution in [0.5, 0.6) is 0 Å². The Kier molecular flexibility index (Phi) is 4.41. The minimum absolute atomic E-state index is 0.0666. The Morgan fingerprint density at radius 2 is 1.74 bits per heavy atom. The first-order chi connectivity index (χ1) is 11.1. The molecule has 0 fully saturated rings. The Hall–Kier alpha value is -2.24. The van der Waals surface area contributed by atoms with Crippen LogP contribution in [0.3, 0.4) is 0 Å². The largest absolute Gasteiger partial charge is 0.331 e. The highest BCUT2D eigenvalue weighted by molar-refractivity contribution is 7.71. The Morgan fingerprint density at radius 1 is 1.00 bits per heavy atom. The van der Waals surface area contributed by atoms with Crippen molar-refractivity contribution in [3.63, 3.8) is 0 Å². The summed E-state index contributed by atoms with van der Waals surface area (Å²) in [5.41, 5.74) is 1.68. The zero-order chi connectivity index (χ0) is 16.4. The molecule has 0 radical (unpaired) electrons. The first kappa shape index (κ1) is 15.6. The second kappa shape index (κ2) is 6.48. The number of aromatic amines is 2. The summed E-state index contributed by atoms with van der Waals surface area (Å²) >= 11 is 11.1. The third-order valence-corrected chi connectivity index (χ3v) is 4.08. The number of H-pyrrole nitrogens is 2. The Balaban J connectivity index is 2.20. The van der Waals surface area contributed by atoms with Crippen LogP contribution in [0.25, 0.3) is 11.3 Å². The predicted molar refractivity (Wildman–Crippen MR) is 91.9 cm³/mol. The van der Waals surface area contributed by atoms with Crippen LogP contribution in [0.1, 0.15) is 11.1 Å². The zero-order valence-corrected chi connectivity index (χ0v) is 13.5. The Morgan fingerprint density at radius 3 is 2.43 bits per heavy atom. The summed E-state index contributed by atoms with van der Waals surface area (Å²) in [5.74, 6) is -0.446. The average molecular weight is 347 g/mol. The quantitative estimate of drug-likeness (QED) is 0.687. The van der Waals surface area contributed by atoms with Crippen molar-refractivity contribution in [1.82, 2.24) is 9.97 Å². The van der Waals surface area contributed by atoms with Crippen molar-refractivity contribution < 1.29 is 4.39 Å². The van der Waals surface area contributed by atoms with Crippen molar-refractivity contribution in [1.29, 1.82) is 0 Å². The molecule has 3 aromatic rings. The van der Waals surface area contributed by atoms with Gasteiger partial charge in [-0.25, -0.2) is 4.39 Å². The van der Waals surface area contributed by atoms with Crippen molar-refractivity contribution in [2.75, 3.05) is 0 Å². The molecule has 0 saturated heterocycles. The van der Waals surface area contributed by atoms with Crippen LogP contribution in [0.4, 0.5) is 4.39 Å². The van der Waals surface area contributed by atoms with Crippen molar-refractivity contribution in [2.45, 2.75) is 6.42 Å². The summed E-state index contributed by atoms with van der Waals surface area (Å²) < 4.78 is 14.3. The van der Waals surface area contributed by atoms with E-state index in [0.29, 0.717) is 11.3 Å². The molecule has 0 bridgehead atoms. The van der Waals surface area contributed by atoms with E-state index in [4.69, 9.17) is 23.8 Å². The molecule has 2 N–H and O–H groups in total. The normalized spacial score (nSPS) is 10.7. The third kappa shape index (κ3) is 3.25. The molecule has 6 heteroatoms. The standard InChI is InChI=1S/C17H12ClFN2OS/c18-13-7-4-8-14(19)11(13)9-12-15(10-5-2-1-3-6-10)20-17(23)21-16(12)22/h1-8H,9H2,(H2,20,21,22,23). The van der Waals surface area contributed by atoms with Crippen LogP contribution in [0, 0.1) is 10.6 Å². The maximum atomic E-state index is 14.1. The SMILES string of the molecule is O=c1[nH]c(=S)[nH]c(-c2ccccc2)c1Cc1c(F)cccc1Cl. The lowest BCUT2D eigenvalue weighted by Gasteiger charge is -2.11. The maximum absolute atomic E-state index is 14.1. The Labute approximate surface area is 141 Å². The fraction of sp³-hybridized carbons (Fsp3) is 0.0588. The molecule has 0 aliphatic carbocycles. The molecule has 23 heavy (non-hydrogen) atoms. The summed E-state index contributed by atoms with van der Waals surface area (Å²) in [5, 5.41) is 0.283. The van der Waals surface area contributed by atoms with Gasteiger partial charge in [0.05, 0.1) is 5.69 Å². The molecule has 0 spiro atoms. The van der Waals surface area contributed by atoms with Gasteiger partial charge in [0.25, 0.3) is 5.56 Å². The molecule has 1 heterocycles. The molecule has 3 nitrogen and oxygen atoms in total. The topological polar surface area (TPSA) is 48.6 Å². The van der Waals surface area contributed by atoms with Gasteiger partial charge in [-0.05, 0) is 29.9 Å². The van der Waals surface area contributed by atoms with E-state index >= 15 is 0 Å². The molecule has 1 aromatic heterocycles. The molecule has 116 valence electrons. The fourth-order valence-corrected chi connectivity index (χ4v) is 2.83. The molecule has 0 saturated carbocycles. The number of benzene rings is 2. The number of aromatic nitrogens is 2. The van der Waals surface area contributed by atoms with E-state index in [1.54, 1.807) is 6.07 Å². The van der Waals surface area contributed by atoms with Crippen molar-refractivity contribution in [3.05, 3.63) is 85.6 Å². The van der Waals surface area contributed by atoms with Crippen LogP contribution >= 0.6 is 23.8 Å². The highest BCUT2D eigenvalue weighted by Crippen LogP contribution is 2.25. The lowest BCUT2D eigenvalue weighted by atomic mass is 10.00. The smallest absolute Gasteiger partial charge is 0.255 e. The van der Waals surface area contributed by atoms with E-state index < -0.39 is 5.82 Å². The van der Waals surface area contributed by atoms with Crippen LogP contribution in [0.2, 0.25) is 5.02 Å². The van der Waals surface area contributed by atoms with Gasteiger partial charge in [0.2, 0.25) is 0 Å². The van der Waals surface area contributed by atoms with E-state index in [0.717, 1.165) is 5.56 Å². The molecule has 0 aliphatic heterocycles. The molecule has 0 aliphatic rings. The highest BCUT2D eigenvalue weighted by atomic mass is 35.5.